The van der Waals surface area contributed by atoms with Crippen molar-refractivity contribution in [3.8, 4) is 16.9 Å². The van der Waals surface area contributed by atoms with E-state index in [1.54, 1.807) is 52.1 Å². The van der Waals surface area contributed by atoms with Gasteiger partial charge in [0.05, 0.1) is 12.0 Å². The quantitative estimate of drug-likeness (QED) is 0.645. The molecule has 0 aliphatic heterocycles. The minimum absolute atomic E-state index is 0.0749. The Labute approximate surface area is 145 Å². The SMILES string of the molecule is COc1cccc(-c2ccc(NC(=O)OC(C)(C)C)c([N+](=O)[O-])c2)c1. The van der Waals surface area contributed by atoms with Gasteiger partial charge in [0.2, 0.25) is 0 Å². The van der Waals surface area contributed by atoms with E-state index >= 15 is 0 Å². The summed E-state index contributed by atoms with van der Waals surface area (Å²) in [4.78, 5) is 22.7. The van der Waals surface area contributed by atoms with Crippen molar-refractivity contribution >= 4 is 17.5 Å². The molecule has 0 saturated carbocycles. The summed E-state index contributed by atoms with van der Waals surface area (Å²) in [5.74, 6) is 0.649. The molecule has 2 aromatic rings. The van der Waals surface area contributed by atoms with Crippen LogP contribution in [0.15, 0.2) is 42.5 Å². The molecule has 7 heteroatoms. The van der Waals surface area contributed by atoms with E-state index in [-0.39, 0.29) is 11.4 Å². The number of anilines is 1. The molecule has 0 unspecified atom stereocenters. The average Bonchev–Trinajstić information content (AvgIpc) is 2.53. The number of hydrogen-bond donors (Lipinski definition) is 1. The van der Waals surface area contributed by atoms with Crippen LogP contribution >= 0.6 is 0 Å². The molecule has 0 atom stereocenters. The Kier molecular flexibility index (Phi) is 5.26. The molecule has 0 aromatic heterocycles. The third-order valence-corrected chi connectivity index (χ3v) is 3.23. The lowest BCUT2D eigenvalue weighted by atomic mass is 10.0. The first kappa shape index (κ1) is 18.3. The van der Waals surface area contributed by atoms with Gasteiger partial charge in [-0.3, -0.25) is 15.4 Å². The van der Waals surface area contributed by atoms with Crippen molar-refractivity contribution in [3.63, 3.8) is 0 Å². The summed E-state index contributed by atoms with van der Waals surface area (Å²) >= 11 is 0. The summed E-state index contributed by atoms with van der Waals surface area (Å²) in [5.41, 5.74) is 0.572. The number of nitrogens with one attached hydrogen (secondary N) is 1. The highest BCUT2D eigenvalue weighted by Gasteiger charge is 2.21. The smallest absolute Gasteiger partial charge is 0.412 e. The van der Waals surface area contributed by atoms with Crippen molar-refractivity contribution in [2.75, 3.05) is 12.4 Å². The first-order valence-corrected chi connectivity index (χ1v) is 7.62. The zero-order chi connectivity index (χ0) is 18.6. The second kappa shape index (κ2) is 7.21. The fourth-order valence-corrected chi connectivity index (χ4v) is 2.18. The number of nitro groups is 1. The van der Waals surface area contributed by atoms with Crippen LogP contribution in [0.5, 0.6) is 5.75 Å². The van der Waals surface area contributed by atoms with E-state index < -0.39 is 16.6 Å². The van der Waals surface area contributed by atoms with Crippen molar-refractivity contribution in [2.24, 2.45) is 0 Å². The van der Waals surface area contributed by atoms with Crippen LogP contribution in [0.4, 0.5) is 16.2 Å². The highest BCUT2D eigenvalue weighted by molar-refractivity contribution is 5.89. The summed E-state index contributed by atoms with van der Waals surface area (Å²) < 4.78 is 10.3. The van der Waals surface area contributed by atoms with Gasteiger partial charge in [0.15, 0.2) is 0 Å². The van der Waals surface area contributed by atoms with E-state index in [0.717, 1.165) is 5.56 Å². The Morgan fingerprint density at radius 1 is 1.12 bits per heavy atom. The molecule has 0 spiro atoms. The second-order valence-corrected chi connectivity index (χ2v) is 6.35. The molecule has 2 rings (SSSR count). The Morgan fingerprint density at radius 2 is 1.80 bits per heavy atom. The predicted molar refractivity (Wildman–Crippen MR) is 94.9 cm³/mol. The second-order valence-electron chi connectivity index (χ2n) is 6.35. The highest BCUT2D eigenvalue weighted by atomic mass is 16.6. The maximum atomic E-state index is 11.9. The summed E-state index contributed by atoms with van der Waals surface area (Å²) in [6.07, 6.45) is -0.746. The van der Waals surface area contributed by atoms with Gasteiger partial charge < -0.3 is 9.47 Å². The summed E-state index contributed by atoms with van der Waals surface area (Å²) in [6.45, 7) is 5.15. The third kappa shape index (κ3) is 4.94. The van der Waals surface area contributed by atoms with Gasteiger partial charge in [-0.05, 0) is 50.1 Å². The van der Waals surface area contributed by atoms with Crippen LogP contribution in [0.3, 0.4) is 0 Å². The number of methoxy groups -OCH3 is 1. The van der Waals surface area contributed by atoms with Gasteiger partial charge in [0.25, 0.3) is 5.69 Å². The zero-order valence-corrected chi connectivity index (χ0v) is 14.5. The number of amides is 1. The Balaban J connectivity index is 2.34. The highest BCUT2D eigenvalue weighted by Crippen LogP contribution is 2.32. The largest absolute Gasteiger partial charge is 0.497 e. The van der Waals surface area contributed by atoms with E-state index in [0.29, 0.717) is 11.3 Å². The standard InChI is InChI=1S/C18H20N2O5/c1-18(2,3)25-17(21)19-15-9-8-13(11-16(15)20(22)23)12-6-5-7-14(10-12)24-4/h5-11H,1-4H3,(H,19,21). The Hall–Kier alpha value is -3.09. The monoisotopic (exact) mass is 344 g/mol. The first-order chi connectivity index (χ1) is 11.7. The first-order valence-electron chi connectivity index (χ1n) is 7.62. The molecular formula is C18H20N2O5. The number of nitro benzene ring substituents is 1. The van der Waals surface area contributed by atoms with E-state index in [4.69, 9.17) is 9.47 Å². The number of carbonyl (C=O) groups excluding carboxylic acids is 1. The maximum Gasteiger partial charge on any atom is 0.412 e. The molecule has 0 saturated heterocycles. The van der Waals surface area contributed by atoms with Gasteiger partial charge >= 0.3 is 6.09 Å². The van der Waals surface area contributed by atoms with Crippen molar-refractivity contribution in [3.05, 3.63) is 52.6 Å². The minimum Gasteiger partial charge on any atom is -0.497 e. The molecule has 0 heterocycles. The molecule has 132 valence electrons. The number of rotatable bonds is 4. The number of hydrogen-bond acceptors (Lipinski definition) is 5. The van der Waals surface area contributed by atoms with Gasteiger partial charge in [-0.25, -0.2) is 4.79 Å². The maximum absolute atomic E-state index is 11.9. The van der Waals surface area contributed by atoms with Gasteiger partial charge in [0.1, 0.15) is 17.0 Å². The molecule has 0 fully saturated rings. The van der Waals surface area contributed by atoms with Crippen molar-refractivity contribution in [2.45, 2.75) is 26.4 Å². The lowest BCUT2D eigenvalue weighted by molar-refractivity contribution is -0.383. The predicted octanol–water partition coefficient (Wildman–Crippen LogP) is 4.62. The van der Waals surface area contributed by atoms with Crippen molar-refractivity contribution in [1.82, 2.24) is 0 Å². The van der Waals surface area contributed by atoms with Gasteiger partial charge in [0, 0.05) is 6.07 Å². The van der Waals surface area contributed by atoms with E-state index in [1.165, 1.54) is 12.1 Å². The summed E-state index contributed by atoms with van der Waals surface area (Å²) in [6, 6.07) is 11.8. The molecule has 2 aromatic carbocycles. The zero-order valence-electron chi connectivity index (χ0n) is 14.5. The van der Waals surface area contributed by atoms with Gasteiger partial charge in [-0.2, -0.15) is 0 Å². The number of nitrogens with zero attached hydrogens (tertiary/aromatic N) is 1. The molecule has 0 aliphatic carbocycles. The summed E-state index contributed by atoms with van der Waals surface area (Å²) in [5, 5.41) is 13.8. The molecule has 7 nitrogen and oxygen atoms in total. The van der Waals surface area contributed by atoms with Crippen LogP contribution in [0, 0.1) is 10.1 Å². The fraction of sp³-hybridized carbons (Fsp3) is 0.278. The Morgan fingerprint density at radius 3 is 2.40 bits per heavy atom. The number of ether oxygens (including phenoxy) is 2. The van der Waals surface area contributed by atoms with E-state index in [2.05, 4.69) is 5.32 Å². The molecule has 0 aliphatic rings. The topological polar surface area (TPSA) is 90.7 Å². The van der Waals surface area contributed by atoms with Crippen LogP contribution < -0.4 is 10.1 Å². The fourth-order valence-electron chi connectivity index (χ4n) is 2.18. The minimum atomic E-state index is -0.746. The summed E-state index contributed by atoms with van der Waals surface area (Å²) in [7, 11) is 1.55. The van der Waals surface area contributed by atoms with Crippen molar-refractivity contribution < 1.29 is 19.2 Å². The molecule has 1 N–H and O–H groups in total. The Bertz CT molecular complexity index is 796. The van der Waals surface area contributed by atoms with Gasteiger partial charge in [-0.1, -0.05) is 18.2 Å². The molecule has 0 radical (unpaired) electrons. The average molecular weight is 344 g/mol. The molecular weight excluding hydrogens is 324 g/mol. The molecule has 0 bridgehead atoms. The third-order valence-electron chi connectivity index (χ3n) is 3.23. The van der Waals surface area contributed by atoms with Crippen LogP contribution in [0.1, 0.15) is 20.8 Å². The molecule has 25 heavy (non-hydrogen) atoms. The van der Waals surface area contributed by atoms with E-state index in [1.807, 2.05) is 6.07 Å². The van der Waals surface area contributed by atoms with Gasteiger partial charge in [-0.15, -0.1) is 0 Å². The lowest BCUT2D eigenvalue weighted by Crippen LogP contribution is -2.27. The van der Waals surface area contributed by atoms with Crippen LogP contribution in [0.25, 0.3) is 11.1 Å². The number of benzene rings is 2. The number of carbonyl (C=O) groups is 1. The molecule has 1 amide bonds. The van der Waals surface area contributed by atoms with Crippen LogP contribution in [-0.2, 0) is 4.74 Å². The van der Waals surface area contributed by atoms with E-state index in [9.17, 15) is 14.9 Å². The van der Waals surface area contributed by atoms with Crippen LogP contribution in [-0.4, -0.2) is 23.7 Å². The normalized spacial score (nSPS) is 10.9. The van der Waals surface area contributed by atoms with Crippen molar-refractivity contribution in [1.29, 1.82) is 0 Å². The lowest BCUT2D eigenvalue weighted by Gasteiger charge is -2.19. The van der Waals surface area contributed by atoms with Crippen LogP contribution in [0.2, 0.25) is 0 Å².